The summed E-state index contributed by atoms with van der Waals surface area (Å²) in [6.45, 7) is 9.35. The van der Waals surface area contributed by atoms with Crippen molar-refractivity contribution >= 4 is 32.6 Å². The van der Waals surface area contributed by atoms with Gasteiger partial charge in [0.25, 0.3) is 0 Å². The van der Waals surface area contributed by atoms with Gasteiger partial charge in [0.1, 0.15) is 23.1 Å². The zero-order chi connectivity index (χ0) is 30.5. The maximum atomic E-state index is 15.8. The number of hydrogen-bond acceptors (Lipinski definition) is 8. The molecule has 0 spiro atoms. The summed E-state index contributed by atoms with van der Waals surface area (Å²) in [5.74, 6) is -1.74. The van der Waals surface area contributed by atoms with E-state index in [1.54, 1.807) is 16.7 Å². The molecule has 1 aromatic carbocycles. The third kappa shape index (κ3) is 4.93. The lowest BCUT2D eigenvalue weighted by atomic mass is 10.1. The molecule has 13 heteroatoms. The van der Waals surface area contributed by atoms with Gasteiger partial charge in [0.2, 0.25) is 5.91 Å². The van der Waals surface area contributed by atoms with Crippen LogP contribution in [-0.2, 0) is 14.6 Å². The maximum Gasteiger partial charge on any atom is 0.355 e. The second kappa shape index (κ2) is 10.7. The number of aromatic nitrogens is 4. The van der Waals surface area contributed by atoms with Gasteiger partial charge in [0.15, 0.2) is 20.5 Å². The normalized spacial score (nSPS) is 17.5. The third-order valence-corrected chi connectivity index (χ3v) is 8.31. The van der Waals surface area contributed by atoms with Crippen molar-refractivity contribution in [2.45, 2.75) is 37.9 Å². The van der Waals surface area contributed by atoms with Crippen LogP contribution in [0.4, 0.5) is 14.6 Å². The molecule has 4 heterocycles. The molecule has 0 N–H and O–H groups in total. The number of piperazine rings is 1. The Morgan fingerprint density at radius 2 is 1.79 bits per heavy atom. The number of anilines is 1. The molecule has 5 rings (SSSR count). The minimum atomic E-state index is -3.95. The van der Waals surface area contributed by atoms with Gasteiger partial charge in [0, 0.05) is 43.2 Å². The highest BCUT2D eigenvalue weighted by molar-refractivity contribution is 7.90. The van der Waals surface area contributed by atoms with E-state index in [9.17, 15) is 22.4 Å². The molecule has 0 radical (unpaired) electrons. The van der Waals surface area contributed by atoms with Crippen molar-refractivity contribution in [1.82, 2.24) is 24.4 Å². The van der Waals surface area contributed by atoms with Crippen molar-refractivity contribution in [2.75, 3.05) is 24.2 Å². The second-order valence-corrected chi connectivity index (χ2v) is 12.3. The van der Waals surface area contributed by atoms with Crippen LogP contribution in [0.1, 0.15) is 19.4 Å². The second-order valence-electron chi connectivity index (χ2n) is 10.3. The Hall–Kier alpha value is -4.52. The quantitative estimate of drug-likeness (QED) is 0.323. The van der Waals surface area contributed by atoms with Gasteiger partial charge < -0.3 is 9.80 Å². The minimum absolute atomic E-state index is 0.0875. The lowest BCUT2D eigenvalue weighted by Gasteiger charge is -2.44. The minimum Gasteiger partial charge on any atom is -0.349 e. The predicted molar refractivity (Wildman–Crippen MR) is 154 cm³/mol. The van der Waals surface area contributed by atoms with Crippen LogP contribution in [0.5, 0.6) is 0 Å². The first-order valence-electron chi connectivity index (χ1n) is 13.1. The van der Waals surface area contributed by atoms with Crippen LogP contribution in [0, 0.1) is 18.6 Å². The molecule has 4 aromatic rings. The Labute approximate surface area is 240 Å². The van der Waals surface area contributed by atoms with Gasteiger partial charge in [-0.05, 0) is 56.7 Å². The number of carbonyl (C=O) groups excluding carboxylic acids is 1. The Kier molecular flexibility index (Phi) is 7.39. The first-order chi connectivity index (χ1) is 19.8. The van der Waals surface area contributed by atoms with Crippen molar-refractivity contribution in [3.8, 4) is 16.9 Å². The number of fused-ring (bicyclic) bond motifs is 1. The van der Waals surface area contributed by atoms with Crippen LogP contribution < -0.4 is 10.6 Å². The summed E-state index contributed by atoms with van der Waals surface area (Å²) in [5, 5.41) is -0.296. The summed E-state index contributed by atoms with van der Waals surface area (Å²) in [5.41, 5.74) is -1.23. The number of rotatable bonds is 5. The fraction of sp³-hybridized carbons (Fsp3) is 0.276. The lowest BCUT2D eigenvalue weighted by Crippen LogP contribution is -2.58. The number of pyridine rings is 2. The van der Waals surface area contributed by atoms with Crippen molar-refractivity contribution in [3.63, 3.8) is 0 Å². The SMILES string of the molecule is C=CC(=O)N1C[C@H](C)N(c2nc(=O)n(-c3c(C)ccnc3S(C)(=O)=O)c3nc(-c4ccccc4F)c(F)cc23)C[C@@H]1C. The molecule has 0 aliphatic carbocycles. The van der Waals surface area contributed by atoms with Crippen LogP contribution in [0.15, 0.2) is 65.1 Å². The Bertz CT molecular complexity index is 1930. The molecule has 1 saturated heterocycles. The lowest BCUT2D eigenvalue weighted by molar-refractivity contribution is -0.128. The van der Waals surface area contributed by atoms with Gasteiger partial charge in [0.05, 0.1) is 11.1 Å². The standard InChI is InChI=1S/C29H28F2N6O4S/c1-6-23(38)35-14-18(4)36(15-17(35)3)26-20-13-22(31)24(19-9-7-8-10-21(19)30)33-27(20)37(29(39)34-26)25-16(2)11-12-32-28(25)42(5,40)41/h6-13,17-18H,1,14-15H2,2-5H3/t17-,18-/m0/s1. The van der Waals surface area contributed by atoms with Gasteiger partial charge in [-0.3, -0.25) is 4.79 Å². The number of carbonyl (C=O) groups is 1. The number of amides is 1. The van der Waals surface area contributed by atoms with Gasteiger partial charge in [-0.1, -0.05) is 18.7 Å². The predicted octanol–water partition coefficient (Wildman–Crippen LogP) is 3.44. The molecule has 0 unspecified atom stereocenters. The van der Waals surface area contributed by atoms with Gasteiger partial charge in [-0.25, -0.2) is 36.5 Å². The van der Waals surface area contributed by atoms with E-state index in [4.69, 9.17) is 0 Å². The van der Waals surface area contributed by atoms with Crippen LogP contribution in [0.3, 0.4) is 0 Å². The van der Waals surface area contributed by atoms with E-state index in [0.717, 1.165) is 23.0 Å². The van der Waals surface area contributed by atoms with Crippen molar-refractivity contribution < 1.29 is 22.0 Å². The third-order valence-electron chi connectivity index (χ3n) is 7.31. The van der Waals surface area contributed by atoms with Crippen LogP contribution in [-0.4, -0.2) is 70.2 Å². The molecule has 0 bridgehead atoms. The van der Waals surface area contributed by atoms with E-state index in [1.165, 1.54) is 36.5 Å². The highest BCUT2D eigenvalue weighted by atomic mass is 32.2. The summed E-state index contributed by atoms with van der Waals surface area (Å²) in [4.78, 5) is 42.4. The summed E-state index contributed by atoms with van der Waals surface area (Å²) in [6, 6.07) is 7.47. The number of benzene rings is 1. The number of aryl methyl sites for hydroxylation is 1. The fourth-order valence-corrected chi connectivity index (χ4v) is 6.14. The average Bonchev–Trinajstić information content (AvgIpc) is 2.93. The van der Waals surface area contributed by atoms with Crippen LogP contribution >= 0.6 is 0 Å². The molecular weight excluding hydrogens is 566 g/mol. The first-order valence-corrected chi connectivity index (χ1v) is 15.0. The molecule has 42 heavy (non-hydrogen) atoms. The fourth-order valence-electron chi connectivity index (χ4n) is 5.28. The molecular formula is C29H28F2N6O4S. The van der Waals surface area contributed by atoms with Crippen LogP contribution in [0.25, 0.3) is 28.0 Å². The zero-order valence-corrected chi connectivity index (χ0v) is 24.2. The molecule has 1 aliphatic rings. The molecule has 10 nitrogen and oxygen atoms in total. The van der Waals surface area contributed by atoms with E-state index in [-0.39, 0.29) is 64.9 Å². The van der Waals surface area contributed by atoms with E-state index in [2.05, 4.69) is 21.5 Å². The highest BCUT2D eigenvalue weighted by Gasteiger charge is 2.34. The number of nitrogens with zero attached hydrogens (tertiary/aromatic N) is 6. The number of sulfone groups is 1. The smallest absolute Gasteiger partial charge is 0.349 e. The summed E-state index contributed by atoms with van der Waals surface area (Å²) >= 11 is 0. The summed E-state index contributed by atoms with van der Waals surface area (Å²) < 4.78 is 57.0. The molecule has 1 fully saturated rings. The molecule has 218 valence electrons. The zero-order valence-electron chi connectivity index (χ0n) is 23.4. The summed E-state index contributed by atoms with van der Waals surface area (Å²) in [6.07, 6.45) is 3.49. The van der Waals surface area contributed by atoms with Crippen molar-refractivity contribution in [1.29, 1.82) is 0 Å². The molecule has 2 atom stereocenters. The Morgan fingerprint density at radius 3 is 2.45 bits per heavy atom. The molecule has 3 aromatic heterocycles. The first kappa shape index (κ1) is 29.0. The van der Waals surface area contributed by atoms with E-state index >= 15 is 4.39 Å². The summed E-state index contributed by atoms with van der Waals surface area (Å²) in [7, 11) is -3.95. The van der Waals surface area contributed by atoms with Crippen molar-refractivity contribution in [3.05, 3.63) is 82.9 Å². The van der Waals surface area contributed by atoms with Crippen molar-refractivity contribution in [2.24, 2.45) is 0 Å². The monoisotopic (exact) mass is 594 g/mol. The highest BCUT2D eigenvalue weighted by Crippen LogP contribution is 2.34. The number of hydrogen-bond donors (Lipinski definition) is 0. The molecule has 1 aliphatic heterocycles. The van der Waals surface area contributed by atoms with Gasteiger partial charge >= 0.3 is 5.69 Å². The topological polar surface area (TPSA) is 118 Å². The molecule has 0 saturated carbocycles. The average molecular weight is 595 g/mol. The van der Waals surface area contributed by atoms with Gasteiger partial charge in [-0.2, -0.15) is 4.98 Å². The van der Waals surface area contributed by atoms with E-state index in [0.29, 0.717) is 5.56 Å². The Morgan fingerprint density at radius 1 is 1.07 bits per heavy atom. The van der Waals surface area contributed by atoms with E-state index in [1.807, 2.05) is 13.8 Å². The van der Waals surface area contributed by atoms with Gasteiger partial charge in [-0.15, -0.1) is 0 Å². The largest absolute Gasteiger partial charge is 0.355 e. The Balaban J connectivity index is 1.85. The maximum absolute atomic E-state index is 15.8. The number of halogens is 2. The van der Waals surface area contributed by atoms with E-state index < -0.39 is 32.2 Å². The van der Waals surface area contributed by atoms with Crippen LogP contribution in [0.2, 0.25) is 0 Å². The molecule has 1 amide bonds.